The van der Waals surface area contributed by atoms with E-state index in [2.05, 4.69) is 24.5 Å². The Morgan fingerprint density at radius 1 is 0.206 bits per heavy atom. The largest absolute Gasteiger partial charge is 0.356 e. The molecular weight excluding hydrogens is 769 g/mol. The highest BCUT2D eigenvalue weighted by atomic mass is 16.2. The van der Waals surface area contributed by atoms with Gasteiger partial charge >= 0.3 is 0 Å². The molecule has 2 amide bonds. The Hall–Kier alpha value is -1.06. The van der Waals surface area contributed by atoms with Gasteiger partial charge in [0.05, 0.1) is 0 Å². The van der Waals surface area contributed by atoms with E-state index in [-0.39, 0.29) is 11.8 Å². The van der Waals surface area contributed by atoms with Gasteiger partial charge in [-0.2, -0.15) is 0 Å². The van der Waals surface area contributed by atoms with Gasteiger partial charge in [-0.1, -0.05) is 322 Å². The molecule has 0 saturated heterocycles. The fourth-order valence-corrected chi connectivity index (χ4v) is 9.57. The normalized spacial score (nSPS) is 11.5. The standard InChI is InChI=1S/C59H118N2O2/c1-3-5-7-9-11-13-15-17-19-21-23-25-27-29-31-33-35-37-39-41-43-45-47-49-51-54-58(62)60-56-53-57-61-59(63)55-52-50-48-46-44-42-40-38-36-34-32-30-28-26-24-22-20-18-16-14-12-10-8-6-4-2/h3-57H2,1-2H3,(H,60,62)(H,61,63). The van der Waals surface area contributed by atoms with Crippen LogP contribution in [0.3, 0.4) is 0 Å². The minimum atomic E-state index is 0.172. The van der Waals surface area contributed by atoms with Crippen molar-refractivity contribution in [3.05, 3.63) is 0 Å². The van der Waals surface area contributed by atoms with Crippen LogP contribution in [0.25, 0.3) is 0 Å². The minimum absolute atomic E-state index is 0.172. The first kappa shape index (κ1) is 61.9. The highest BCUT2D eigenvalue weighted by Crippen LogP contribution is 2.18. The highest BCUT2D eigenvalue weighted by Gasteiger charge is 2.04. The van der Waals surface area contributed by atoms with Crippen molar-refractivity contribution < 1.29 is 9.59 Å². The van der Waals surface area contributed by atoms with E-state index in [0.717, 1.165) is 19.3 Å². The molecule has 0 heterocycles. The van der Waals surface area contributed by atoms with Crippen LogP contribution >= 0.6 is 0 Å². The summed E-state index contributed by atoms with van der Waals surface area (Å²) in [6.45, 7) is 5.93. The van der Waals surface area contributed by atoms with Crippen LogP contribution in [0.5, 0.6) is 0 Å². The average molecular weight is 888 g/mol. The smallest absolute Gasteiger partial charge is 0.219 e. The van der Waals surface area contributed by atoms with Gasteiger partial charge in [0, 0.05) is 25.9 Å². The Kier molecular flexibility index (Phi) is 56.1. The zero-order valence-corrected chi connectivity index (χ0v) is 43.7. The summed E-state index contributed by atoms with van der Waals surface area (Å²) in [5, 5.41) is 6.09. The van der Waals surface area contributed by atoms with Gasteiger partial charge in [-0.15, -0.1) is 0 Å². The molecule has 0 radical (unpaired) electrons. The molecule has 0 aromatic carbocycles. The van der Waals surface area contributed by atoms with Crippen molar-refractivity contribution in [1.29, 1.82) is 0 Å². The number of nitrogens with one attached hydrogen (secondary N) is 2. The van der Waals surface area contributed by atoms with Crippen molar-refractivity contribution in [1.82, 2.24) is 10.6 Å². The molecule has 63 heavy (non-hydrogen) atoms. The van der Waals surface area contributed by atoms with E-state index < -0.39 is 0 Å². The van der Waals surface area contributed by atoms with Gasteiger partial charge < -0.3 is 10.6 Å². The zero-order chi connectivity index (χ0) is 45.5. The van der Waals surface area contributed by atoms with Crippen LogP contribution in [0.2, 0.25) is 0 Å². The molecule has 2 N–H and O–H groups in total. The summed E-state index contributed by atoms with van der Waals surface area (Å²) in [5.41, 5.74) is 0. The van der Waals surface area contributed by atoms with Gasteiger partial charge in [0.15, 0.2) is 0 Å². The van der Waals surface area contributed by atoms with Crippen molar-refractivity contribution >= 4 is 11.8 Å². The van der Waals surface area contributed by atoms with Crippen LogP contribution in [0, 0.1) is 0 Å². The van der Waals surface area contributed by atoms with Gasteiger partial charge in [-0.25, -0.2) is 0 Å². The van der Waals surface area contributed by atoms with Gasteiger partial charge in [0.25, 0.3) is 0 Å². The van der Waals surface area contributed by atoms with Crippen molar-refractivity contribution in [2.24, 2.45) is 0 Å². The molecule has 4 heteroatoms. The van der Waals surface area contributed by atoms with E-state index in [1.165, 1.54) is 308 Å². The second-order valence-electron chi connectivity index (χ2n) is 20.5. The van der Waals surface area contributed by atoms with Crippen LogP contribution < -0.4 is 10.6 Å². The maximum Gasteiger partial charge on any atom is 0.219 e. The molecule has 0 saturated carbocycles. The summed E-state index contributed by atoms with van der Waals surface area (Å²) in [6, 6.07) is 0. The Balaban J connectivity index is 3.22. The molecule has 4 nitrogen and oxygen atoms in total. The summed E-state index contributed by atoms with van der Waals surface area (Å²) < 4.78 is 0. The van der Waals surface area contributed by atoms with Crippen molar-refractivity contribution in [2.75, 3.05) is 13.1 Å². The molecule has 0 aromatic rings. The number of unbranched alkanes of at least 4 members (excludes halogenated alkanes) is 48. The lowest BCUT2D eigenvalue weighted by Gasteiger charge is -2.07. The Morgan fingerprint density at radius 3 is 0.508 bits per heavy atom. The average Bonchev–Trinajstić information content (AvgIpc) is 3.28. The predicted molar refractivity (Wildman–Crippen MR) is 282 cm³/mol. The van der Waals surface area contributed by atoms with Gasteiger partial charge in [-0.3, -0.25) is 9.59 Å². The molecule has 0 aliphatic rings. The first-order valence-corrected chi connectivity index (χ1v) is 29.7. The van der Waals surface area contributed by atoms with Crippen molar-refractivity contribution in [3.8, 4) is 0 Å². The molecule has 0 aromatic heterocycles. The molecule has 0 aliphatic heterocycles. The third-order valence-corrected chi connectivity index (χ3v) is 14.0. The number of hydrogen-bond acceptors (Lipinski definition) is 2. The van der Waals surface area contributed by atoms with Gasteiger partial charge in [0.2, 0.25) is 11.8 Å². The van der Waals surface area contributed by atoms with E-state index >= 15 is 0 Å². The quantitative estimate of drug-likeness (QED) is 0.0598. The highest BCUT2D eigenvalue weighted by molar-refractivity contribution is 5.76. The topological polar surface area (TPSA) is 58.2 Å². The minimum Gasteiger partial charge on any atom is -0.356 e. The number of carbonyl (C=O) groups is 2. The first-order chi connectivity index (χ1) is 31.2. The molecule has 0 fully saturated rings. The van der Waals surface area contributed by atoms with E-state index in [0.29, 0.717) is 25.9 Å². The molecule has 0 rings (SSSR count). The van der Waals surface area contributed by atoms with E-state index in [1.54, 1.807) is 0 Å². The second kappa shape index (κ2) is 57.1. The first-order valence-electron chi connectivity index (χ1n) is 29.7. The molecule has 0 spiro atoms. The maximum atomic E-state index is 12.2. The Bertz CT molecular complexity index is 792. The summed E-state index contributed by atoms with van der Waals surface area (Å²) in [5.74, 6) is 0.344. The lowest BCUT2D eigenvalue weighted by molar-refractivity contribution is -0.121. The van der Waals surface area contributed by atoms with Crippen LogP contribution in [0.1, 0.15) is 354 Å². The van der Waals surface area contributed by atoms with E-state index in [4.69, 9.17) is 0 Å². The molecular formula is C59H118N2O2. The summed E-state index contributed by atoms with van der Waals surface area (Å²) in [4.78, 5) is 24.4. The van der Waals surface area contributed by atoms with Gasteiger partial charge in [0.1, 0.15) is 0 Å². The lowest BCUT2D eigenvalue weighted by Crippen LogP contribution is -2.29. The Morgan fingerprint density at radius 2 is 0.349 bits per heavy atom. The molecule has 376 valence electrons. The molecule has 0 bridgehead atoms. The maximum absolute atomic E-state index is 12.2. The van der Waals surface area contributed by atoms with Gasteiger partial charge in [-0.05, 0) is 19.3 Å². The second-order valence-corrected chi connectivity index (χ2v) is 20.5. The summed E-state index contributed by atoms with van der Waals surface area (Å²) >= 11 is 0. The third kappa shape index (κ3) is 57.0. The molecule has 0 aliphatic carbocycles. The van der Waals surface area contributed by atoms with Crippen molar-refractivity contribution in [3.63, 3.8) is 0 Å². The predicted octanol–water partition coefficient (Wildman–Crippen LogP) is 19.9. The number of rotatable bonds is 56. The fourth-order valence-electron chi connectivity index (χ4n) is 9.57. The van der Waals surface area contributed by atoms with E-state index in [9.17, 15) is 9.59 Å². The van der Waals surface area contributed by atoms with Crippen LogP contribution in [0.4, 0.5) is 0 Å². The zero-order valence-electron chi connectivity index (χ0n) is 43.7. The summed E-state index contributed by atoms with van der Waals surface area (Å²) in [6.07, 6.45) is 72.1. The molecule has 0 unspecified atom stereocenters. The number of amides is 2. The molecule has 0 atom stereocenters. The Labute approximate surface area is 397 Å². The number of carbonyl (C=O) groups excluding carboxylic acids is 2. The lowest BCUT2D eigenvalue weighted by atomic mass is 10.0. The number of hydrogen-bond donors (Lipinski definition) is 2. The van der Waals surface area contributed by atoms with E-state index in [1.807, 2.05) is 0 Å². The monoisotopic (exact) mass is 887 g/mol. The van der Waals surface area contributed by atoms with Crippen LogP contribution in [-0.4, -0.2) is 24.9 Å². The SMILES string of the molecule is CCCCCCCCCCCCCCCCCCCCCCCCCCCC(=O)NCCCNC(=O)CCCCCCCCCCCCCCCCCCCCCCCCCCC. The fraction of sp³-hybridized carbons (Fsp3) is 0.966. The summed E-state index contributed by atoms with van der Waals surface area (Å²) in [7, 11) is 0. The third-order valence-electron chi connectivity index (χ3n) is 14.0. The van der Waals surface area contributed by atoms with Crippen LogP contribution in [0.15, 0.2) is 0 Å². The van der Waals surface area contributed by atoms with Crippen LogP contribution in [-0.2, 0) is 9.59 Å². The van der Waals surface area contributed by atoms with Crippen molar-refractivity contribution in [2.45, 2.75) is 354 Å².